The summed E-state index contributed by atoms with van der Waals surface area (Å²) in [4.78, 5) is 27.5. The van der Waals surface area contributed by atoms with Crippen molar-refractivity contribution in [3.8, 4) is 0 Å². The third-order valence-electron chi connectivity index (χ3n) is 5.46. The highest BCUT2D eigenvalue weighted by Gasteiger charge is 2.26. The van der Waals surface area contributed by atoms with E-state index < -0.39 is 16.1 Å². The summed E-state index contributed by atoms with van der Waals surface area (Å²) in [5, 5.41) is 2.90. The molecule has 1 atom stereocenters. The fraction of sp³-hybridized carbons (Fsp3) is 0.440. The number of rotatable bonds is 13. The van der Waals surface area contributed by atoms with Crippen molar-refractivity contribution < 1.29 is 18.0 Å². The molecule has 0 aliphatic rings. The third-order valence-corrected chi connectivity index (χ3v) is 7.18. The SMILES string of the molecule is CCCCNC(=O)[C@@H](C)N(Cc1ccc(Br)cc1)C(=O)CCCN(c1ccccc1)S(C)(=O)=O. The van der Waals surface area contributed by atoms with Crippen molar-refractivity contribution >= 4 is 43.5 Å². The van der Waals surface area contributed by atoms with Gasteiger partial charge >= 0.3 is 0 Å². The lowest BCUT2D eigenvalue weighted by Crippen LogP contribution is -2.47. The van der Waals surface area contributed by atoms with Crippen LogP contribution in [0.15, 0.2) is 59.1 Å². The van der Waals surface area contributed by atoms with Crippen molar-refractivity contribution in [1.29, 1.82) is 0 Å². The molecule has 0 spiro atoms. The van der Waals surface area contributed by atoms with E-state index in [1.54, 1.807) is 36.1 Å². The van der Waals surface area contributed by atoms with Gasteiger partial charge in [0.25, 0.3) is 0 Å². The zero-order valence-electron chi connectivity index (χ0n) is 20.0. The summed E-state index contributed by atoms with van der Waals surface area (Å²) < 4.78 is 26.9. The number of carbonyl (C=O) groups excluding carboxylic acids is 2. The average Bonchev–Trinajstić information content (AvgIpc) is 2.80. The van der Waals surface area contributed by atoms with Crippen LogP contribution >= 0.6 is 15.9 Å². The zero-order valence-corrected chi connectivity index (χ0v) is 22.4. The molecule has 0 saturated heterocycles. The van der Waals surface area contributed by atoms with Gasteiger partial charge in [0.1, 0.15) is 6.04 Å². The van der Waals surface area contributed by atoms with E-state index in [4.69, 9.17) is 0 Å². The predicted molar refractivity (Wildman–Crippen MR) is 140 cm³/mol. The molecule has 7 nitrogen and oxygen atoms in total. The lowest BCUT2D eigenvalue weighted by Gasteiger charge is -2.29. The summed E-state index contributed by atoms with van der Waals surface area (Å²) in [5.74, 6) is -0.386. The summed E-state index contributed by atoms with van der Waals surface area (Å²) in [6.07, 6.45) is 3.46. The van der Waals surface area contributed by atoms with Crippen molar-refractivity contribution in [3.05, 3.63) is 64.6 Å². The fourth-order valence-corrected chi connectivity index (χ4v) is 4.73. The molecule has 0 fully saturated rings. The van der Waals surface area contributed by atoms with E-state index in [1.807, 2.05) is 37.3 Å². The maximum Gasteiger partial charge on any atom is 0.242 e. The Morgan fingerprint density at radius 1 is 1.03 bits per heavy atom. The second kappa shape index (κ2) is 13.5. The number of nitrogens with zero attached hydrogens (tertiary/aromatic N) is 2. The summed E-state index contributed by atoms with van der Waals surface area (Å²) in [5.41, 5.74) is 1.47. The highest BCUT2D eigenvalue weighted by Crippen LogP contribution is 2.19. The van der Waals surface area contributed by atoms with Gasteiger partial charge in [-0.2, -0.15) is 0 Å². The van der Waals surface area contributed by atoms with E-state index in [9.17, 15) is 18.0 Å². The number of benzene rings is 2. The number of anilines is 1. The molecule has 0 saturated carbocycles. The van der Waals surface area contributed by atoms with Gasteiger partial charge in [0.05, 0.1) is 11.9 Å². The highest BCUT2D eigenvalue weighted by atomic mass is 79.9. The maximum atomic E-state index is 13.2. The van der Waals surface area contributed by atoms with E-state index >= 15 is 0 Å². The quantitative estimate of drug-likeness (QED) is 0.375. The Bertz CT molecular complexity index is 1030. The highest BCUT2D eigenvalue weighted by molar-refractivity contribution is 9.10. The molecule has 0 bridgehead atoms. The van der Waals surface area contributed by atoms with Crippen LogP contribution in [0.4, 0.5) is 5.69 Å². The van der Waals surface area contributed by atoms with Gasteiger partial charge in [0, 0.05) is 30.5 Å². The van der Waals surface area contributed by atoms with Gasteiger partial charge in [0.2, 0.25) is 21.8 Å². The number of amides is 2. The number of para-hydroxylation sites is 1. The first-order valence-corrected chi connectivity index (χ1v) is 14.1. The number of nitrogens with one attached hydrogen (secondary N) is 1. The summed E-state index contributed by atoms with van der Waals surface area (Å²) in [6, 6.07) is 15.8. The number of hydrogen-bond acceptors (Lipinski definition) is 4. The van der Waals surface area contributed by atoms with Crippen LogP contribution in [0.3, 0.4) is 0 Å². The molecule has 34 heavy (non-hydrogen) atoms. The molecule has 186 valence electrons. The standard InChI is InChI=1S/C25H34BrN3O4S/c1-4-5-17-27-25(31)20(2)28(19-21-13-15-22(26)16-14-21)24(30)12-9-18-29(34(3,32)33)23-10-7-6-8-11-23/h6-8,10-11,13-16,20H,4-5,9,12,17-19H2,1-3H3,(H,27,31)/t20-/m1/s1. The van der Waals surface area contributed by atoms with E-state index in [0.717, 1.165) is 29.1 Å². The molecule has 2 aromatic carbocycles. The van der Waals surface area contributed by atoms with Gasteiger partial charge in [0.15, 0.2) is 0 Å². The van der Waals surface area contributed by atoms with Crippen LogP contribution in [0, 0.1) is 0 Å². The molecule has 0 heterocycles. The first-order chi connectivity index (χ1) is 16.1. The summed E-state index contributed by atoms with van der Waals surface area (Å²) in [7, 11) is -3.49. The minimum absolute atomic E-state index is 0.127. The fourth-order valence-electron chi connectivity index (χ4n) is 3.50. The summed E-state index contributed by atoms with van der Waals surface area (Å²) >= 11 is 3.41. The van der Waals surface area contributed by atoms with Gasteiger partial charge in [-0.05, 0) is 49.6 Å². The number of halogens is 1. The Balaban J connectivity index is 2.11. The van der Waals surface area contributed by atoms with Gasteiger partial charge in [-0.15, -0.1) is 0 Å². The van der Waals surface area contributed by atoms with Gasteiger partial charge in [-0.1, -0.05) is 59.6 Å². The number of sulfonamides is 1. The molecular formula is C25H34BrN3O4S. The first kappa shape index (κ1) is 27.9. The molecule has 0 aliphatic carbocycles. The Hall–Kier alpha value is -2.39. The second-order valence-electron chi connectivity index (χ2n) is 8.24. The number of hydrogen-bond donors (Lipinski definition) is 1. The molecule has 2 rings (SSSR count). The zero-order chi connectivity index (χ0) is 25.1. The molecule has 0 unspecified atom stereocenters. The second-order valence-corrected chi connectivity index (χ2v) is 11.1. The van der Waals surface area contributed by atoms with Crippen LogP contribution < -0.4 is 9.62 Å². The van der Waals surface area contributed by atoms with E-state index in [2.05, 4.69) is 21.2 Å². The summed E-state index contributed by atoms with van der Waals surface area (Å²) in [6.45, 7) is 4.82. The number of carbonyl (C=O) groups is 2. The van der Waals surface area contributed by atoms with Crippen molar-refractivity contribution in [2.45, 2.75) is 52.1 Å². The minimum Gasteiger partial charge on any atom is -0.354 e. The Morgan fingerprint density at radius 2 is 1.68 bits per heavy atom. The van der Waals surface area contributed by atoms with Crippen LogP contribution in [-0.4, -0.2) is 50.5 Å². The Kier molecular flexibility index (Phi) is 11.0. The topological polar surface area (TPSA) is 86.8 Å². The van der Waals surface area contributed by atoms with Crippen LogP contribution in [0.25, 0.3) is 0 Å². The largest absolute Gasteiger partial charge is 0.354 e. The Morgan fingerprint density at radius 3 is 2.26 bits per heavy atom. The monoisotopic (exact) mass is 551 g/mol. The van der Waals surface area contributed by atoms with Crippen molar-refractivity contribution in [1.82, 2.24) is 10.2 Å². The van der Waals surface area contributed by atoms with Gasteiger partial charge in [-0.3, -0.25) is 13.9 Å². The molecule has 0 aromatic heterocycles. The molecule has 1 N–H and O–H groups in total. The van der Waals surface area contributed by atoms with Crippen LogP contribution in [-0.2, 0) is 26.2 Å². The van der Waals surface area contributed by atoms with Crippen molar-refractivity contribution in [2.24, 2.45) is 0 Å². The Labute approximate surface area is 211 Å². The van der Waals surface area contributed by atoms with E-state index in [-0.39, 0.29) is 24.8 Å². The molecule has 2 aromatic rings. The van der Waals surface area contributed by atoms with Crippen LogP contribution in [0.2, 0.25) is 0 Å². The van der Waals surface area contributed by atoms with Crippen LogP contribution in [0.5, 0.6) is 0 Å². The van der Waals surface area contributed by atoms with Gasteiger partial charge < -0.3 is 10.2 Å². The smallest absolute Gasteiger partial charge is 0.242 e. The first-order valence-electron chi connectivity index (χ1n) is 11.5. The lowest BCUT2D eigenvalue weighted by atomic mass is 10.1. The maximum absolute atomic E-state index is 13.2. The normalized spacial score (nSPS) is 12.1. The molecule has 0 radical (unpaired) electrons. The van der Waals surface area contributed by atoms with Gasteiger partial charge in [-0.25, -0.2) is 8.42 Å². The van der Waals surface area contributed by atoms with Crippen molar-refractivity contribution in [3.63, 3.8) is 0 Å². The lowest BCUT2D eigenvalue weighted by molar-refractivity contribution is -0.140. The third kappa shape index (κ3) is 8.76. The molecule has 9 heteroatoms. The predicted octanol–water partition coefficient (Wildman–Crippen LogP) is 4.33. The van der Waals surface area contributed by atoms with Crippen LogP contribution in [0.1, 0.15) is 45.1 Å². The molecule has 2 amide bonds. The molecular weight excluding hydrogens is 518 g/mol. The van der Waals surface area contributed by atoms with Crippen molar-refractivity contribution in [2.75, 3.05) is 23.7 Å². The minimum atomic E-state index is -3.49. The van der Waals surface area contributed by atoms with E-state index in [0.29, 0.717) is 25.2 Å². The number of unbranched alkanes of at least 4 members (excludes halogenated alkanes) is 1. The van der Waals surface area contributed by atoms with E-state index in [1.165, 1.54) is 4.31 Å². The average molecular weight is 553 g/mol. The molecule has 0 aliphatic heterocycles.